The maximum atomic E-state index is 14.0. The Hall–Kier alpha value is -4.14. The quantitative estimate of drug-likeness (QED) is 0.513. The van der Waals surface area contributed by atoms with E-state index < -0.39 is 34.4 Å². The smallest absolute Gasteiger partial charge is 0.244 e. The molecular weight excluding hydrogens is 502 g/mol. The van der Waals surface area contributed by atoms with Crippen LogP contribution in [0, 0.1) is 17.0 Å². The Morgan fingerprint density at radius 2 is 1.87 bits per heavy atom. The lowest BCUT2D eigenvalue weighted by Crippen LogP contribution is -2.50. The number of anilines is 2. The van der Waals surface area contributed by atoms with Crippen LogP contribution in [-0.4, -0.2) is 34.2 Å². The average molecular weight is 531 g/mol. The van der Waals surface area contributed by atoms with Crippen molar-refractivity contribution in [1.29, 1.82) is 0 Å². The summed E-state index contributed by atoms with van der Waals surface area (Å²) in [6.45, 7) is 3.42. The molecule has 2 N–H and O–H groups in total. The zero-order valence-corrected chi connectivity index (χ0v) is 21.7. The summed E-state index contributed by atoms with van der Waals surface area (Å²) >= 11 is 0. The Kier molecular flexibility index (Phi) is 5.78. The molecule has 1 spiro atoms. The molecule has 3 heterocycles. The lowest BCUT2D eigenvalue weighted by Gasteiger charge is -2.43. The van der Waals surface area contributed by atoms with Crippen LogP contribution in [0.1, 0.15) is 55.0 Å². The molecule has 6 rings (SSSR count). The fraction of sp³-hybridized carbons (Fsp3) is 0.333. The molecular formula is C30H28F2N4O3. The van der Waals surface area contributed by atoms with Crippen LogP contribution in [0.5, 0.6) is 0 Å². The highest BCUT2D eigenvalue weighted by Gasteiger charge is 2.51. The van der Waals surface area contributed by atoms with Crippen molar-refractivity contribution in [2.45, 2.75) is 51.0 Å². The Bertz CT molecular complexity index is 1540. The molecule has 3 aromatic rings. The standard InChI is InChI=1S/C30H28F2N4O3/c1-29(2)10-9-24(17-6-8-22(31)23(32)13-17)36(28(29)39)16-25(37)34-20-7-5-18-14-30(15-19(18)12-20)21-4-3-11-33-26(21)35-27(30)38/h3-8,11-13,24H,9-10,14-16H2,1-2H3,(H,34,37)(H,33,35,38)/t24-,30-/m1/s1. The highest BCUT2D eigenvalue weighted by Crippen LogP contribution is 2.47. The second kappa shape index (κ2) is 8.97. The van der Waals surface area contributed by atoms with Crippen molar-refractivity contribution in [3.05, 3.63) is 88.6 Å². The number of amides is 3. The molecule has 0 radical (unpaired) electrons. The number of benzene rings is 2. The average Bonchev–Trinajstić information content (AvgIpc) is 3.41. The number of hydrogen-bond acceptors (Lipinski definition) is 4. The van der Waals surface area contributed by atoms with E-state index in [0.29, 0.717) is 42.8 Å². The van der Waals surface area contributed by atoms with Gasteiger partial charge in [0.25, 0.3) is 0 Å². The third-order valence-electron chi connectivity index (χ3n) is 8.37. The summed E-state index contributed by atoms with van der Waals surface area (Å²) < 4.78 is 27.6. The molecule has 1 aliphatic carbocycles. The second-order valence-corrected chi connectivity index (χ2v) is 11.4. The molecule has 0 saturated carbocycles. The summed E-state index contributed by atoms with van der Waals surface area (Å²) in [5.74, 6) is -2.04. The Morgan fingerprint density at radius 3 is 2.67 bits per heavy atom. The number of hydrogen-bond donors (Lipinski definition) is 2. The number of carbonyl (C=O) groups excluding carboxylic acids is 3. The van der Waals surface area contributed by atoms with E-state index in [1.54, 1.807) is 12.3 Å². The number of halogens is 2. The first-order valence-corrected chi connectivity index (χ1v) is 13.0. The van der Waals surface area contributed by atoms with Crippen LogP contribution < -0.4 is 10.6 Å². The SMILES string of the molecule is CC1(C)CC[C@H](c2ccc(F)c(F)c2)N(CC(=O)Nc2ccc3c(c2)C[C@@]2(C3)C(=O)Nc3ncccc32)C1=O. The number of piperidine rings is 1. The molecule has 3 aliphatic rings. The first kappa shape index (κ1) is 25.2. The number of fused-ring (bicyclic) bond motifs is 3. The van der Waals surface area contributed by atoms with Gasteiger partial charge in [-0.3, -0.25) is 14.4 Å². The van der Waals surface area contributed by atoms with Gasteiger partial charge in [-0.1, -0.05) is 32.0 Å². The van der Waals surface area contributed by atoms with Gasteiger partial charge in [0.1, 0.15) is 12.4 Å². The van der Waals surface area contributed by atoms with Gasteiger partial charge in [0.15, 0.2) is 11.6 Å². The first-order valence-electron chi connectivity index (χ1n) is 13.0. The van der Waals surface area contributed by atoms with Gasteiger partial charge in [-0.15, -0.1) is 0 Å². The zero-order valence-electron chi connectivity index (χ0n) is 21.7. The van der Waals surface area contributed by atoms with Crippen molar-refractivity contribution in [2.75, 3.05) is 17.2 Å². The van der Waals surface area contributed by atoms with Gasteiger partial charge < -0.3 is 15.5 Å². The minimum absolute atomic E-state index is 0.0764. The van der Waals surface area contributed by atoms with E-state index in [1.165, 1.54) is 11.0 Å². The molecule has 3 amide bonds. The maximum Gasteiger partial charge on any atom is 0.244 e. The lowest BCUT2D eigenvalue weighted by atomic mass is 9.78. The molecule has 7 nitrogen and oxygen atoms in total. The summed E-state index contributed by atoms with van der Waals surface area (Å²) in [7, 11) is 0. The van der Waals surface area contributed by atoms with E-state index in [0.717, 1.165) is 28.8 Å². The summed E-state index contributed by atoms with van der Waals surface area (Å²) in [4.78, 5) is 45.3. The van der Waals surface area contributed by atoms with E-state index >= 15 is 0 Å². The van der Waals surface area contributed by atoms with Crippen molar-refractivity contribution >= 4 is 29.2 Å². The lowest BCUT2D eigenvalue weighted by molar-refractivity contribution is -0.150. The zero-order chi connectivity index (χ0) is 27.5. The van der Waals surface area contributed by atoms with Crippen molar-refractivity contribution in [3.63, 3.8) is 0 Å². The third-order valence-corrected chi connectivity index (χ3v) is 8.37. The number of nitrogens with one attached hydrogen (secondary N) is 2. The van der Waals surface area contributed by atoms with Crippen molar-refractivity contribution in [2.24, 2.45) is 5.41 Å². The van der Waals surface area contributed by atoms with E-state index in [2.05, 4.69) is 15.6 Å². The van der Waals surface area contributed by atoms with Gasteiger partial charge in [-0.25, -0.2) is 13.8 Å². The summed E-state index contributed by atoms with van der Waals surface area (Å²) in [5.41, 5.74) is 2.51. The van der Waals surface area contributed by atoms with Crippen LogP contribution in [-0.2, 0) is 32.6 Å². The molecule has 39 heavy (non-hydrogen) atoms. The van der Waals surface area contributed by atoms with Crippen LogP contribution >= 0.6 is 0 Å². The number of aromatic nitrogens is 1. The molecule has 1 fully saturated rings. The van der Waals surface area contributed by atoms with Gasteiger partial charge >= 0.3 is 0 Å². The fourth-order valence-corrected chi connectivity index (χ4v) is 6.24. The molecule has 1 saturated heterocycles. The summed E-state index contributed by atoms with van der Waals surface area (Å²) in [5, 5.41) is 5.78. The number of nitrogens with zero attached hydrogens (tertiary/aromatic N) is 2. The minimum atomic E-state index is -0.987. The minimum Gasteiger partial charge on any atom is -0.326 e. The Balaban J connectivity index is 1.21. The van der Waals surface area contributed by atoms with Crippen LogP contribution in [0.3, 0.4) is 0 Å². The van der Waals surface area contributed by atoms with Crippen molar-refractivity contribution < 1.29 is 23.2 Å². The molecule has 9 heteroatoms. The highest BCUT2D eigenvalue weighted by molar-refractivity contribution is 6.06. The summed E-state index contributed by atoms with van der Waals surface area (Å²) in [6.07, 6.45) is 3.78. The molecule has 200 valence electrons. The van der Waals surface area contributed by atoms with Gasteiger partial charge in [0, 0.05) is 22.9 Å². The van der Waals surface area contributed by atoms with Gasteiger partial charge in [0.2, 0.25) is 17.7 Å². The Morgan fingerprint density at radius 1 is 1.08 bits per heavy atom. The van der Waals surface area contributed by atoms with E-state index in [-0.39, 0.29) is 18.4 Å². The molecule has 1 aromatic heterocycles. The van der Waals surface area contributed by atoms with E-state index in [4.69, 9.17) is 0 Å². The number of carbonyl (C=O) groups is 3. The van der Waals surface area contributed by atoms with E-state index in [1.807, 2.05) is 38.1 Å². The third kappa shape index (κ3) is 4.16. The first-order chi connectivity index (χ1) is 18.6. The van der Waals surface area contributed by atoms with Crippen molar-refractivity contribution in [3.8, 4) is 0 Å². The predicted molar refractivity (Wildman–Crippen MR) is 141 cm³/mol. The normalized spacial score (nSPS) is 23.0. The molecule has 0 unspecified atom stereocenters. The van der Waals surface area contributed by atoms with Gasteiger partial charge in [0.05, 0.1) is 11.5 Å². The molecule has 2 atom stereocenters. The largest absolute Gasteiger partial charge is 0.326 e. The number of rotatable bonds is 4. The van der Waals surface area contributed by atoms with Gasteiger partial charge in [-0.2, -0.15) is 0 Å². The topological polar surface area (TPSA) is 91.4 Å². The monoisotopic (exact) mass is 530 g/mol. The van der Waals surface area contributed by atoms with Crippen LogP contribution in [0.4, 0.5) is 20.3 Å². The second-order valence-electron chi connectivity index (χ2n) is 11.4. The van der Waals surface area contributed by atoms with Crippen molar-refractivity contribution in [1.82, 2.24) is 9.88 Å². The molecule has 2 aromatic carbocycles. The van der Waals surface area contributed by atoms with Crippen LogP contribution in [0.15, 0.2) is 54.7 Å². The number of likely N-dealkylation sites (tertiary alicyclic amines) is 1. The Labute approximate surface area is 224 Å². The number of pyridine rings is 1. The maximum absolute atomic E-state index is 14.0. The highest BCUT2D eigenvalue weighted by atomic mass is 19.2. The molecule has 0 bridgehead atoms. The van der Waals surface area contributed by atoms with Crippen LogP contribution in [0.2, 0.25) is 0 Å². The molecule has 2 aliphatic heterocycles. The fourth-order valence-electron chi connectivity index (χ4n) is 6.24. The van der Waals surface area contributed by atoms with Gasteiger partial charge in [-0.05, 0) is 72.7 Å². The van der Waals surface area contributed by atoms with Crippen LogP contribution in [0.25, 0.3) is 0 Å². The predicted octanol–water partition coefficient (Wildman–Crippen LogP) is 4.68. The summed E-state index contributed by atoms with van der Waals surface area (Å²) in [6, 6.07) is 12.4. The van der Waals surface area contributed by atoms with E-state index in [9.17, 15) is 23.2 Å².